The fourth-order valence-electron chi connectivity index (χ4n) is 2.07. The first-order chi connectivity index (χ1) is 7.32. The molecule has 1 aliphatic heterocycles. The Hall–Kier alpha value is -1.10. The van der Waals surface area contributed by atoms with E-state index in [1.165, 1.54) is 0 Å². The maximum atomic E-state index is 11.9. The van der Waals surface area contributed by atoms with Gasteiger partial charge in [-0.15, -0.1) is 0 Å². The van der Waals surface area contributed by atoms with Crippen molar-refractivity contribution in [2.75, 3.05) is 13.1 Å². The third-order valence-corrected chi connectivity index (χ3v) is 2.93. The number of hydrogen-bond donors (Lipinski definition) is 3. The predicted molar refractivity (Wildman–Crippen MR) is 61.6 cm³/mol. The monoisotopic (exact) mass is 227 g/mol. The lowest BCUT2D eigenvalue weighted by molar-refractivity contribution is -0.127. The first kappa shape index (κ1) is 13.0. The van der Waals surface area contributed by atoms with Crippen molar-refractivity contribution in [3.63, 3.8) is 0 Å². The molecular formula is C11H21N3O2. The molecule has 2 amide bonds. The standard InChI is InChI=1S/C11H21N3O2/c1-7-5-13-6-8(7)10(16)14-11(2,3)4-9(12)15/h7-8,13H,4-6H2,1-3H3,(H2,12,15)(H,14,16). The Morgan fingerprint density at radius 2 is 2.06 bits per heavy atom. The average Bonchev–Trinajstić information content (AvgIpc) is 2.47. The SMILES string of the molecule is CC1CNCC1C(=O)NC(C)(C)CC(N)=O. The van der Waals surface area contributed by atoms with Crippen molar-refractivity contribution in [2.24, 2.45) is 17.6 Å². The highest BCUT2D eigenvalue weighted by Crippen LogP contribution is 2.18. The molecule has 1 fully saturated rings. The molecule has 2 atom stereocenters. The van der Waals surface area contributed by atoms with E-state index in [1.807, 2.05) is 20.8 Å². The zero-order valence-electron chi connectivity index (χ0n) is 10.2. The van der Waals surface area contributed by atoms with Crippen LogP contribution in [0.15, 0.2) is 0 Å². The fraction of sp³-hybridized carbons (Fsp3) is 0.818. The summed E-state index contributed by atoms with van der Waals surface area (Å²) in [5.74, 6) is -0.0665. The molecule has 0 aromatic heterocycles. The molecule has 1 saturated heterocycles. The van der Waals surface area contributed by atoms with Gasteiger partial charge in [0.25, 0.3) is 0 Å². The van der Waals surface area contributed by atoms with Crippen LogP contribution >= 0.6 is 0 Å². The van der Waals surface area contributed by atoms with E-state index in [0.717, 1.165) is 6.54 Å². The summed E-state index contributed by atoms with van der Waals surface area (Å²) < 4.78 is 0. The third-order valence-electron chi connectivity index (χ3n) is 2.93. The van der Waals surface area contributed by atoms with Crippen LogP contribution in [0.2, 0.25) is 0 Å². The lowest BCUT2D eigenvalue weighted by atomic mass is 9.94. The number of amides is 2. The van der Waals surface area contributed by atoms with Crippen molar-refractivity contribution in [1.29, 1.82) is 0 Å². The molecule has 0 radical (unpaired) electrons. The molecule has 92 valence electrons. The van der Waals surface area contributed by atoms with Gasteiger partial charge in [0.15, 0.2) is 0 Å². The summed E-state index contributed by atoms with van der Waals surface area (Å²) >= 11 is 0. The van der Waals surface area contributed by atoms with Crippen molar-refractivity contribution in [1.82, 2.24) is 10.6 Å². The number of hydrogen-bond acceptors (Lipinski definition) is 3. The summed E-state index contributed by atoms with van der Waals surface area (Å²) in [6.45, 7) is 7.24. The van der Waals surface area contributed by atoms with Crippen LogP contribution in [-0.2, 0) is 9.59 Å². The molecule has 16 heavy (non-hydrogen) atoms. The lowest BCUT2D eigenvalue weighted by Crippen LogP contribution is -2.49. The number of nitrogens with one attached hydrogen (secondary N) is 2. The first-order valence-electron chi connectivity index (χ1n) is 5.63. The summed E-state index contributed by atoms with van der Waals surface area (Å²) in [5.41, 5.74) is 4.57. The minimum Gasteiger partial charge on any atom is -0.370 e. The normalized spacial score (nSPS) is 25.4. The van der Waals surface area contributed by atoms with Crippen LogP contribution in [0.1, 0.15) is 27.2 Å². The lowest BCUT2D eigenvalue weighted by Gasteiger charge is -2.27. The molecule has 2 unspecified atom stereocenters. The molecule has 0 aromatic rings. The van der Waals surface area contributed by atoms with E-state index in [0.29, 0.717) is 12.5 Å². The maximum absolute atomic E-state index is 11.9. The van der Waals surface area contributed by atoms with E-state index >= 15 is 0 Å². The van der Waals surface area contributed by atoms with Crippen LogP contribution in [0.3, 0.4) is 0 Å². The second-order valence-corrected chi connectivity index (χ2v) is 5.26. The average molecular weight is 227 g/mol. The van der Waals surface area contributed by atoms with Gasteiger partial charge in [-0.25, -0.2) is 0 Å². The molecule has 0 saturated carbocycles. The molecule has 5 heteroatoms. The van der Waals surface area contributed by atoms with Gasteiger partial charge < -0.3 is 16.4 Å². The van der Waals surface area contributed by atoms with E-state index in [2.05, 4.69) is 10.6 Å². The summed E-state index contributed by atoms with van der Waals surface area (Å²) in [5, 5.41) is 6.06. The molecule has 5 nitrogen and oxygen atoms in total. The van der Waals surface area contributed by atoms with Crippen LogP contribution in [0.4, 0.5) is 0 Å². The van der Waals surface area contributed by atoms with Gasteiger partial charge in [0.05, 0.1) is 5.92 Å². The van der Waals surface area contributed by atoms with Gasteiger partial charge in [0.1, 0.15) is 0 Å². The Morgan fingerprint density at radius 1 is 1.44 bits per heavy atom. The van der Waals surface area contributed by atoms with Crippen molar-refractivity contribution in [3.8, 4) is 0 Å². The topological polar surface area (TPSA) is 84.2 Å². The largest absolute Gasteiger partial charge is 0.370 e. The summed E-state index contributed by atoms with van der Waals surface area (Å²) in [6.07, 6.45) is 0.160. The number of carbonyl (C=O) groups is 2. The van der Waals surface area contributed by atoms with E-state index in [4.69, 9.17) is 5.73 Å². The Morgan fingerprint density at radius 3 is 2.50 bits per heavy atom. The van der Waals surface area contributed by atoms with Crippen molar-refractivity contribution in [3.05, 3.63) is 0 Å². The third kappa shape index (κ3) is 3.48. The fourth-order valence-corrected chi connectivity index (χ4v) is 2.07. The molecule has 0 spiro atoms. The molecule has 4 N–H and O–H groups in total. The second-order valence-electron chi connectivity index (χ2n) is 5.26. The summed E-state index contributed by atoms with van der Waals surface area (Å²) in [6, 6.07) is 0. The molecule has 1 heterocycles. The number of rotatable bonds is 4. The number of nitrogens with two attached hydrogens (primary N) is 1. The highest BCUT2D eigenvalue weighted by molar-refractivity contribution is 5.82. The predicted octanol–water partition coefficient (Wildman–Crippen LogP) is -0.388. The van der Waals surface area contributed by atoms with Gasteiger partial charge in [0.2, 0.25) is 11.8 Å². The Bertz CT molecular complexity index is 289. The molecule has 0 aromatic carbocycles. The van der Waals surface area contributed by atoms with E-state index < -0.39 is 11.4 Å². The Kier molecular flexibility index (Phi) is 3.91. The number of primary amides is 1. The van der Waals surface area contributed by atoms with Crippen molar-refractivity contribution < 1.29 is 9.59 Å². The van der Waals surface area contributed by atoms with Crippen LogP contribution < -0.4 is 16.4 Å². The van der Waals surface area contributed by atoms with Gasteiger partial charge in [-0.3, -0.25) is 9.59 Å². The van der Waals surface area contributed by atoms with Gasteiger partial charge in [0, 0.05) is 18.5 Å². The van der Waals surface area contributed by atoms with Gasteiger partial charge in [-0.05, 0) is 26.3 Å². The Labute approximate surface area is 96.1 Å². The van der Waals surface area contributed by atoms with E-state index in [-0.39, 0.29) is 18.2 Å². The van der Waals surface area contributed by atoms with Crippen LogP contribution in [0.25, 0.3) is 0 Å². The van der Waals surface area contributed by atoms with Crippen LogP contribution in [0, 0.1) is 11.8 Å². The summed E-state index contributed by atoms with van der Waals surface area (Å²) in [4.78, 5) is 22.8. The smallest absolute Gasteiger partial charge is 0.225 e. The first-order valence-corrected chi connectivity index (χ1v) is 5.63. The minimum absolute atomic E-state index is 0.00347. The quantitative estimate of drug-likeness (QED) is 0.611. The van der Waals surface area contributed by atoms with Crippen LogP contribution in [-0.4, -0.2) is 30.4 Å². The van der Waals surface area contributed by atoms with E-state index in [9.17, 15) is 9.59 Å². The van der Waals surface area contributed by atoms with Gasteiger partial charge in [-0.1, -0.05) is 6.92 Å². The highest BCUT2D eigenvalue weighted by atomic mass is 16.2. The molecular weight excluding hydrogens is 206 g/mol. The maximum Gasteiger partial charge on any atom is 0.225 e. The zero-order chi connectivity index (χ0) is 12.3. The van der Waals surface area contributed by atoms with E-state index in [1.54, 1.807) is 0 Å². The molecule has 1 aliphatic rings. The van der Waals surface area contributed by atoms with Crippen molar-refractivity contribution in [2.45, 2.75) is 32.7 Å². The minimum atomic E-state index is -0.564. The van der Waals surface area contributed by atoms with Gasteiger partial charge in [-0.2, -0.15) is 0 Å². The molecule has 0 bridgehead atoms. The molecule has 0 aliphatic carbocycles. The van der Waals surface area contributed by atoms with Crippen LogP contribution in [0.5, 0.6) is 0 Å². The van der Waals surface area contributed by atoms with Gasteiger partial charge >= 0.3 is 0 Å². The zero-order valence-corrected chi connectivity index (χ0v) is 10.2. The molecule has 1 rings (SSSR count). The second kappa shape index (κ2) is 4.82. The summed E-state index contributed by atoms with van der Waals surface area (Å²) in [7, 11) is 0. The van der Waals surface area contributed by atoms with Crippen molar-refractivity contribution >= 4 is 11.8 Å². The highest BCUT2D eigenvalue weighted by Gasteiger charge is 2.33. The number of carbonyl (C=O) groups excluding carboxylic acids is 2. The Balaban J connectivity index is 2.52.